The molecule has 1 saturated carbocycles. The zero-order valence-electron chi connectivity index (χ0n) is 20.6. The van der Waals surface area contributed by atoms with Gasteiger partial charge in [0, 0.05) is 54.4 Å². The molecule has 1 aliphatic heterocycles. The molecule has 0 unspecified atom stereocenters. The summed E-state index contributed by atoms with van der Waals surface area (Å²) in [5.74, 6) is -0.166. The number of urea groups is 1. The second-order valence-corrected chi connectivity index (χ2v) is 11.1. The van der Waals surface area contributed by atoms with Gasteiger partial charge < -0.3 is 20.9 Å². The number of nitrogens with one attached hydrogen (secondary N) is 3. The molecular weight excluding hydrogens is 464 g/mol. The highest BCUT2D eigenvalue weighted by Crippen LogP contribution is 2.19. The lowest BCUT2D eigenvalue weighted by Gasteiger charge is -2.34. The zero-order valence-corrected chi connectivity index (χ0v) is 21.4. The largest absolute Gasteiger partial charge is 0.346 e. The van der Waals surface area contributed by atoms with E-state index in [1.807, 2.05) is 25.7 Å². The Balaban J connectivity index is 1.23. The average Bonchev–Trinajstić information content (AvgIpc) is 3.25. The number of hydrogen-bond acceptors (Lipinski definition) is 6. The maximum absolute atomic E-state index is 12.9. The van der Waals surface area contributed by atoms with E-state index in [0.29, 0.717) is 36.6 Å². The molecule has 9 nitrogen and oxygen atoms in total. The smallest absolute Gasteiger partial charge is 0.319 e. The Kier molecular flexibility index (Phi) is 7.71. The normalized spacial score (nSPS) is 16.9. The van der Waals surface area contributed by atoms with Crippen molar-refractivity contribution < 1.29 is 14.4 Å². The maximum Gasteiger partial charge on any atom is 0.319 e. The molecule has 4 amide bonds. The topological polar surface area (TPSA) is 107 Å². The average molecular weight is 499 g/mol. The van der Waals surface area contributed by atoms with E-state index in [0.717, 1.165) is 37.4 Å². The number of thiazole rings is 1. The molecule has 4 rings (SSSR count). The van der Waals surface area contributed by atoms with Crippen molar-refractivity contribution in [1.82, 2.24) is 25.4 Å². The van der Waals surface area contributed by atoms with Gasteiger partial charge in [0.15, 0.2) is 0 Å². The van der Waals surface area contributed by atoms with Crippen molar-refractivity contribution in [3.05, 3.63) is 45.9 Å². The second-order valence-electron chi connectivity index (χ2n) is 10.2. The van der Waals surface area contributed by atoms with Crippen LogP contribution >= 0.6 is 11.3 Å². The predicted octanol–water partition coefficient (Wildman–Crippen LogP) is 3.30. The van der Waals surface area contributed by atoms with Gasteiger partial charge in [-0.05, 0) is 64.3 Å². The van der Waals surface area contributed by atoms with Gasteiger partial charge in [-0.3, -0.25) is 14.5 Å². The van der Waals surface area contributed by atoms with Crippen molar-refractivity contribution in [3.63, 3.8) is 0 Å². The second kappa shape index (κ2) is 10.7. The SMILES string of the molecule is CC(C)(C)NC(=O)c1csc(CN2CCN(C(=O)c3ccc(NC(=O)NC4CCC4)cc3)CC2)n1. The summed E-state index contributed by atoms with van der Waals surface area (Å²) in [7, 11) is 0. The van der Waals surface area contributed by atoms with Crippen molar-refractivity contribution in [3.8, 4) is 0 Å². The van der Waals surface area contributed by atoms with Crippen molar-refractivity contribution >= 4 is 34.9 Å². The Labute approximate surface area is 210 Å². The summed E-state index contributed by atoms with van der Waals surface area (Å²) in [5.41, 5.74) is 1.43. The van der Waals surface area contributed by atoms with Gasteiger partial charge in [-0.1, -0.05) is 0 Å². The molecular formula is C25H34N6O3S. The quantitative estimate of drug-likeness (QED) is 0.567. The van der Waals surface area contributed by atoms with E-state index in [1.165, 1.54) is 11.3 Å². The minimum absolute atomic E-state index is 0.00879. The van der Waals surface area contributed by atoms with E-state index >= 15 is 0 Å². The van der Waals surface area contributed by atoms with E-state index in [9.17, 15) is 14.4 Å². The summed E-state index contributed by atoms with van der Waals surface area (Å²) in [6.07, 6.45) is 3.24. The predicted molar refractivity (Wildman–Crippen MR) is 137 cm³/mol. The van der Waals surface area contributed by atoms with Crippen LogP contribution in [-0.2, 0) is 6.54 Å². The molecule has 0 bridgehead atoms. The molecule has 1 aromatic heterocycles. The molecule has 0 radical (unpaired) electrons. The summed E-state index contributed by atoms with van der Waals surface area (Å²) in [5, 5.41) is 11.4. The molecule has 1 aromatic carbocycles. The first-order chi connectivity index (χ1) is 16.7. The molecule has 2 heterocycles. The summed E-state index contributed by atoms with van der Waals surface area (Å²) in [6, 6.07) is 7.12. The first-order valence-electron chi connectivity index (χ1n) is 12.1. The number of piperazine rings is 1. The number of carbonyl (C=O) groups excluding carboxylic acids is 3. The van der Waals surface area contributed by atoms with Gasteiger partial charge in [0.05, 0.1) is 6.54 Å². The number of carbonyl (C=O) groups is 3. The van der Waals surface area contributed by atoms with E-state index in [2.05, 4.69) is 25.8 Å². The van der Waals surface area contributed by atoms with Crippen LogP contribution in [0, 0.1) is 0 Å². The van der Waals surface area contributed by atoms with Crippen LogP contribution < -0.4 is 16.0 Å². The molecule has 1 aliphatic carbocycles. The lowest BCUT2D eigenvalue weighted by molar-refractivity contribution is 0.0628. The van der Waals surface area contributed by atoms with Gasteiger partial charge in [0.2, 0.25) is 0 Å². The maximum atomic E-state index is 12.9. The number of anilines is 1. The third kappa shape index (κ3) is 7.02. The highest BCUT2D eigenvalue weighted by molar-refractivity contribution is 7.09. The van der Waals surface area contributed by atoms with Gasteiger partial charge in [-0.2, -0.15) is 0 Å². The molecule has 35 heavy (non-hydrogen) atoms. The Morgan fingerprint density at radius 3 is 2.34 bits per heavy atom. The molecule has 2 fully saturated rings. The van der Waals surface area contributed by atoms with Gasteiger partial charge in [-0.15, -0.1) is 11.3 Å². The Morgan fingerprint density at radius 1 is 1.06 bits per heavy atom. The molecule has 1 saturated heterocycles. The molecule has 188 valence electrons. The van der Waals surface area contributed by atoms with E-state index in [-0.39, 0.29) is 29.4 Å². The number of aromatic nitrogens is 1. The fraction of sp³-hybridized carbons (Fsp3) is 0.520. The fourth-order valence-corrected chi connectivity index (χ4v) is 4.79. The minimum Gasteiger partial charge on any atom is -0.346 e. The van der Waals surface area contributed by atoms with E-state index in [4.69, 9.17) is 0 Å². The summed E-state index contributed by atoms with van der Waals surface area (Å²) < 4.78 is 0. The van der Waals surface area contributed by atoms with Crippen LogP contribution in [0.15, 0.2) is 29.6 Å². The number of rotatable bonds is 6. The lowest BCUT2D eigenvalue weighted by Crippen LogP contribution is -2.48. The van der Waals surface area contributed by atoms with Gasteiger partial charge in [-0.25, -0.2) is 9.78 Å². The number of benzene rings is 1. The zero-order chi connectivity index (χ0) is 25.0. The highest BCUT2D eigenvalue weighted by atomic mass is 32.1. The van der Waals surface area contributed by atoms with E-state index < -0.39 is 0 Å². The van der Waals surface area contributed by atoms with Crippen molar-refractivity contribution in [2.75, 3.05) is 31.5 Å². The standard InChI is InChI=1S/C25H34N6O3S/c1-25(2,3)29-22(32)20-16-35-21(28-20)15-30-11-13-31(14-12-30)23(33)17-7-9-19(10-8-17)27-24(34)26-18-5-4-6-18/h7-10,16,18H,4-6,11-15H2,1-3H3,(H,29,32)(H2,26,27,34). The number of amides is 4. The van der Waals surface area contributed by atoms with Gasteiger partial charge in [0.25, 0.3) is 11.8 Å². The van der Waals surface area contributed by atoms with Crippen LogP contribution in [0.3, 0.4) is 0 Å². The van der Waals surface area contributed by atoms with Gasteiger partial charge >= 0.3 is 6.03 Å². The summed E-state index contributed by atoms with van der Waals surface area (Å²) in [6.45, 7) is 9.25. The molecule has 0 spiro atoms. The van der Waals surface area contributed by atoms with Crippen LogP contribution in [0.2, 0.25) is 0 Å². The molecule has 2 aliphatic rings. The molecule has 10 heteroatoms. The minimum atomic E-state index is -0.301. The van der Waals surface area contributed by atoms with Crippen molar-refractivity contribution in [1.29, 1.82) is 0 Å². The molecule has 2 aromatic rings. The van der Waals surface area contributed by atoms with Crippen LogP contribution in [0.1, 0.15) is 65.9 Å². The lowest BCUT2D eigenvalue weighted by atomic mass is 9.93. The third-order valence-electron chi connectivity index (χ3n) is 6.12. The number of nitrogens with zero attached hydrogens (tertiary/aromatic N) is 3. The van der Waals surface area contributed by atoms with Crippen molar-refractivity contribution in [2.24, 2.45) is 0 Å². The Hall–Kier alpha value is -2.98. The monoisotopic (exact) mass is 498 g/mol. The molecule has 3 N–H and O–H groups in total. The summed E-state index contributed by atoms with van der Waals surface area (Å²) >= 11 is 1.49. The fourth-order valence-electron chi connectivity index (χ4n) is 3.98. The summed E-state index contributed by atoms with van der Waals surface area (Å²) in [4.78, 5) is 45.8. The van der Waals surface area contributed by atoms with Crippen LogP contribution in [0.5, 0.6) is 0 Å². The van der Waals surface area contributed by atoms with Gasteiger partial charge in [0.1, 0.15) is 10.7 Å². The Morgan fingerprint density at radius 2 is 1.74 bits per heavy atom. The number of hydrogen-bond donors (Lipinski definition) is 3. The van der Waals surface area contributed by atoms with Crippen molar-refractivity contribution in [2.45, 2.75) is 58.2 Å². The van der Waals surface area contributed by atoms with Crippen LogP contribution in [0.25, 0.3) is 0 Å². The van der Waals surface area contributed by atoms with Crippen LogP contribution in [-0.4, -0.2) is 70.4 Å². The van der Waals surface area contributed by atoms with E-state index in [1.54, 1.807) is 29.6 Å². The first kappa shape index (κ1) is 25.1. The first-order valence-corrected chi connectivity index (χ1v) is 13.0. The third-order valence-corrected chi connectivity index (χ3v) is 6.95. The highest BCUT2D eigenvalue weighted by Gasteiger charge is 2.24. The van der Waals surface area contributed by atoms with Crippen LogP contribution in [0.4, 0.5) is 10.5 Å². The Bertz CT molecular complexity index is 1050. The molecule has 0 atom stereocenters.